The molecule has 0 aliphatic heterocycles. The lowest BCUT2D eigenvalue weighted by atomic mass is 10.0. The van der Waals surface area contributed by atoms with Gasteiger partial charge in [0.25, 0.3) is 0 Å². The van der Waals surface area contributed by atoms with Crippen molar-refractivity contribution in [2.24, 2.45) is 0 Å². The van der Waals surface area contributed by atoms with Crippen LogP contribution in [0.5, 0.6) is 0 Å². The monoisotopic (exact) mass is 463 g/mol. The lowest BCUT2D eigenvalue weighted by molar-refractivity contribution is 0.628. The number of imidazole rings is 1. The summed E-state index contributed by atoms with van der Waals surface area (Å²) >= 11 is 0. The number of H-pyrrole nitrogens is 2. The molecule has 2 aromatic carbocycles. The van der Waals surface area contributed by atoms with Crippen molar-refractivity contribution in [2.75, 3.05) is 5.32 Å². The number of hydrogen-bond acceptors (Lipinski definition) is 5. The molecule has 7 nitrogen and oxygen atoms in total. The summed E-state index contributed by atoms with van der Waals surface area (Å²) in [6.45, 7) is 4.20. The van der Waals surface area contributed by atoms with Gasteiger partial charge in [-0.3, -0.25) is 15.1 Å². The first-order chi connectivity index (χ1) is 17.0. The third kappa shape index (κ3) is 3.89. The average Bonchev–Trinajstić information content (AvgIpc) is 3.48. The van der Waals surface area contributed by atoms with Gasteiger partial charge in [0.1, 0.15) is 11.5 Å². The molecule has 8 heteroatoms. The highest BCUT2D eigenvalue weighted by atomic mass is 19.1. The molecule has 3 N–H and O–H groups in total. The summed E-state index contributed by atoms with van der Waals surface area (Å²) in [6, 6.07) is 14.9. The number of halogens is 1. The fourth-order valence-electron chi connectivity index (χ4n) is 4.27. The van der Waals surface area contributed by atoms with Crippen LogP contribution >= 0.6 is 0 Å². The number of aromatic nitrogens is 6. The van der Waals surface area contributed by atoms with E-state index < -0.39 is 0 Å². The normalized spacial score (nSPS) is 11.5. The minimum atomic E-state index is -0.281. The minimum Gasteiger partial charge on any atom is -0.382 e. The van der Waals surface area contributed by atoms with E-state index in [1.54, 1.807) is 24.5 Å². The predicted octanol–water partition coefficient (Wildman–Crippen LogP) is 6.19. The zero-order valence-corrected chi connectivity index (χ0v) is 19.2. The van der Waals surface area contributed by atoms with E-state index in [-0.39, 0.29) is 5.82 Å². The van der Waals surface area contributed by atoms with Crippen LogP contribution in [0.2, 0.25) is 0 Å². The lowest BCUT2D eigenvalue weighted by Gasteiger charge is -2.11. The molecule has 4 aromatic heterocycles. The molecule has 6 rings (SSSR count). The van der Waals surface area contributed by atoms with Crippen molar-refractivity contribution in [1.82, 2.24) is 30.1 Å². The molecule has 6 aromatic rings. The predicted molar refractivity (Wildman–Crippen MR) is 136 cm³/mol. The summed E-state index contributed by atoms with van der Waals surface area (Å²) in [5.41, 5.74) is 7.85. The summed E-state index contributed by atoms with van der Waals surface area (Å²) < 4.78 is 13.4. The summed E-state index contributed by atoms with van der Waals surface area (Å²) in [4.78, 5) is 17.0. The number of anilines is 1. The van der Waals surface area contributed by atoms with Gasteiger partial charge in [-0.25, -0.2) is 9.37 Å². The number of benzene rings is 2. The van der Waals surface area contributed by atoms with Crippen LogP contribution in [-0.2, 0) is 0 Å². The molecule has 0 spiro atoms. The van der Waals surface area contributed by atoms with Crippen LogP contribution in [0.3, 0.4) is 0 Å². The number of rotatable bonds is 5. The molecule has 0 radical (unpaired) electrons. The number of aromatic amines is 2. The Morgan fingerprint density at radius 2 is 1.63 bits per heavy atom. The first-order valence-electron chi connectivity index (χ1n) is 11.4. The zero-order valence-electron chi connectivity index (χ0n) is 19.2. The second kappa shape index (κ2) is 8.32. The highest BCUT2D eigenvalue weighted by molar-refractivity contribution is 5.98. The Kier molecular flexibility index (Phi) is 4.99. The van der Waals surface area contributed by atoms with Gasteiger partial charge in [-0.1, -0.05) is 18.2 Å². The maximum absolute atomic E-state index is 13.4. The molecule has 0 unspecified atom stereocenters. The summed E-state index contributed by atoms with van der Waals surface area (Å²) in [5.74, 6) is 0.351. The van der Waals surface area contributed by atoms with E-state index in [1.165, 1.54) is 12.1 Å². The van der Waals surface area contributed by atoms with Gasteiger partial charge in [0.05, 0.1) is 28.4 Å². The van der Waals surface area contributed by atoms with Gasteiger partial charge in [-0.05, 0) is 55.3 Å². The Balaban J connectivity index is 1.44. The van der Waals surface area contributed by atoms with Gasteiger partial charge < -0.3 is 10.3 Å². The quantitative estimate of drug-likeness (QED) is 0.283. The molecule has 172 valence electrons. The second-order valence-corrected chi connectivity index (χ2v) is 8.77. The third-order valence-corrected chi connectivity index (χ3v) is 5.86. The molecule has 0 aliphatic rings. The number of pyridine rings is 2. The van der Waals surface area contributed by atoms with Crippen molar-refractivity contribution < 1.29 is 4.39 Å². The Labute approximate surface area is 200 Å². The highest BCUT2D eigenvalue weighted by Gasteiger charge is 2.16. The van der Waals surface area contributed by atoms with E-state index in [0.29, 0.717) is 17.6 Å². The molecule has 0 saturated heterocycles. The fourth-order valence-corrected chi connectivity index (χ4v) is 4.27. The van der Waals surface area contributed by atoms with Crippen molar-refractivity contribution in [1.29, 1.82) is 0 Å². The van der Waals surface area contributed by atoms with Crippen LogP contribution in [0, 0.1) is 5.82 Å². The van der Waals surface area contributed by atoms with Gasteiger partial charge >= 0.3 is 0 Å². The number of nitrogens with zero attached hydrogens (tertiary/aromatic N) is 4. The molecule has 0 aliphatic carbocycles. The Hall–Kier alpha value is -4.59. The summed E-state index contributed by atoms with van der Waals surface area (Å²) in [7, 11) is 0. The Morgan fingerprint density at radius 3 is 2.46 bits per heavy atom. The maximum Gasteiger partial charge on any atom is 0.159 e. The molecule has 0 atom stereocenters. The van der Waals surface area contributed by atoms with E-state index in [4.69, 9.17) is 4.98 Å². The number of hydrogen-bond donors (Lipinski definition) is 3. The summed E-state index contributed by atoms with van der Waals surface area (Å²) in [5, 5.41) is 12.0. The smallest absolute Gasteiger partial charge is 0.159 e. The van der Waals surface area contributed by atoms with Crippen molar-refractivity contribution >= 4 is 27.6 Å². The zero-order chi connectivity index (χ0) is 23.9. The second-order valence-electron chi connectivity index (χ2n) is 8.77. The Bertz CT molecular complexity index is 1670. The van der Waals surface area contributed by atoms with Gasteiger partial charge in [0.15, 0.2) is 5.82 Å². The molecule has 35 heavy (non-hydrogen) atoms. The number of nitrogens with one attached hydrogen (secondary N) is 3. The molecular weight excluding hydrogens is 441 g/mol. The van der Waals surface area contributed by atoms with Gasteiger partial charge in [-0.15, -0.1) is 0 Å². The SMILES string of the molecule is CC(C)Nc1cncc(-c2ccc3[nH]nc(-c4nc5c(-c6ccc(F)cc6)cncc5[nH]4)c3c2)c1. The summed E-state index contributed by atoms with van der Waals surface area (Å²) in [6.07, 6.45) is 7.16. The van der Waals surface area contributed by atoms with Crippen molar-refractivity contribution in [3.8, 4) is 33.8 Å². The first kappa shape index (κ1) is 21.0. The van der Waals surface area contributed by atoms with Crippen LogP contribution in [0.15, 0.2) is 73.3 Å². The standard InChI is InChI=1S/C27H22FN7/c1-15(2)31-20-9-18(11-29-12-20)17-5-8-23-21(10-17)26(35-34-23)27-32-24-14-30-13-22(25(24)33-27)16-3-6-19(28)7-4-16/h3-15,31H,1-2H3,(H,32,33)(H,34,35). The van der Waals surface area contributed by atoms with Gasteiger partial charge in [0, 0.05) is 41.1 Å². The van der Waals surface area contributed by atoms with Crippen molar-refractivity contribution in [2.45, 2.75) is 19.9 Å². The van der Waals surface area contributed by atoms with Crippen LogP contribution < -0.4 is 5.32 Å². The van der Waals surface area contributed by atoms with Crippen LogP contribution in [0.1, 0.15) is 13.8 Å². The molecule has 4 heterocycles. The van der Waals surface area contributed by atoms with Crippen LogP contribution in [0.25, 0.3) is 55.7 Å². The Morgan fingerprint density at radius 1 is 0.829 bits per heavy atom. The van der Waals surface area contributed by atoms with E-state index in [9.17, 15) is 4.39 Å². The van der Waals surface area contributed by atoms with Crippen LogP contribution in [-0.4, -0.2) is 36.2 Å². The van der Waals surface area contributed by atoms with E-state index in [2.05, 4.69) is 62.5 Å². The first-order valence-corrected chi connectivity index (χ1v) is 11.4. The third-order valence-electron chi connectivity index (χ3n) is 5.86. The van der Waals surface area contributed by atoms with E-state index in [0.717, 1.165) is 49.9 Å². The topological polar surface area (TPSA) is 95.2 Å². The molecule has 0 bridgehead atoms. The number of fused-ring (bicyclic) bond motifs is 2. The average molecular weight is 464 g/mol. The molecular formula is C27H22FN7. The molecule has 0 saturated carbocycles. The van der Waals surface area contributed by atoms with Crippen molar-refractivity contribution in [3.63, 3.8) is 0 Å². The van der Waals surface area contributed by atoms with Gasteiger partial charge in [-0.2, -0.15) is 5.10 Å². The van der Waals surface area contributed by atoms with Crippen LogP contribution in [0.4, 0.5) is 10.1 Å². The molecule has 0 fully saturated rings. The maximum atomic E-state index is 13.4. The largest absolute Gasteiger partial charge is 0.382 e. The van der Waals surface area contributed by atoms with Crippen molar-refractivity contribution in [3.05, 3.63) is 79.1 Å². The lowest BCUT2D eigenvalue weighted by Crippen LogP contribution is -2.09. The minimum absolute atomic E-state index is 0.281. The van der Waals surface area contributed by atoms with E-state index >= 15 is 0 Å². The molecule has 0 amide bonds. The van der Waals surface area contributed by atoms with E-state index in [1.807, 2.05) is 18.5 Å². The highest BCUT2D eigenvalue weighted by Crippen LogP contribution is 2.33. The van der Waals surface area contributed by atoms with Gasteiger partial charge in [0.2, 0.25) is 0 Å². The fraction of sp³-hybridized carbons (Fsp3) is 0.111.